The molecule has 0 saturated carbocycles. The topological polar surface area (TPSA) is 163 Å². The lowest BCUT2D eigenvalue weighted by Gasteiger charge is -2.21. The number of hydrogen-bond acceptors (Lipinski definition) is 6. The van der Waals surface area contributed by atoms with Crippen molar-refractivity contribution >= 4 is 30.4 Å². The van der Waals surface area contributed by atoms with E-state index in [4.69, 9.17) is 13.7 Å². The maximum atomic E-state index is 13.6. The van der Waals surface area contributed by atoms with Crippen LogP contribution in [0.3, 0.4) is 0 Å². The van der Waals surface area contributed by atoms with Crippen LogP contribution in [0.4, 0.5) is 26.3 Å². The van der Waals surface area contributed by atoms with E-state index >= 15 is 0 Å². The molecule has 1 rings (SSSR count). The smallest absolute Gasteiger partial charge is 0.281 e. The molecule has 0 unspecified atom stereocenters. The van der Waals surface area contributed by atoms with Gasteiger partial charge in [0.1, 0.15) is 0 Å². The van der Waals surface area contributed by atoms with Gasteiger partial charge in [-0.2, -0.15) is 51.6 Å². The molecule has 0 fully saturated rings. The van der Waals surface area contributed by atoms with Gasteiger partial charge in [-0.05, 0) is 18.2 Å². The molecule has 0 bridgehead atoms. The summed E-state index contributed by atoms with van der Waals surface area (Å²) in [6.07, 6.45) is 0. The fourth-order valence-corrected chi connectivity index (χ4v) is 2.83. The summed E-state index contributed by atoms with van der Waals surface area (Å²) in [5.41, 5.74) is -7.24. The third-order valence-corrected chi connectivity index (χ3v) is 5.56. The molecule has 156 valence electrons. The normalized spacial score (nSPS) is 15.0. The summed E-state index contributed by atoms with van der Waals surface area (Å²) >= 11 is 0. The highest BCUT2D eigenvalue weighted by molar-refractivity contribution is 7.87. The molecule has 9 nitrogen and oxygen atoms in total. The van der Waals surface area contributed by atoms with Crippen LogP contribution in [0.15, 0.2) is 18.2 Å². The maximum Gasteiger partial charge on any atom is 0.395 e. The van der Waals surface area contributed by atoms with E-state index in [1.807, 2.05) is 0 Å². The Morgan fingerprint density at radius 3 is 0.778 bits per heavy atom. The van der Waals surface area contributed by atoms with Gasteiger partial charge >= 0.3 is 46.1 Å². The van der Waals surface area contributed by atoms with Crippen LogP contribution in [0.25, 0.3) is 0 Å². The van der Waals surface area contributed by atoms with E-state index in [1.165, 1.54) is 0 Å². The Morgan fingerprint density at radius 1 is 0.519 bits per heavy atom. The lowest BCUT2D eigenvalue weighted by molar-refractivity contribution is 0.0646. The molecule has 3 N–H and O–H groups in total. The van der Waals surface area contributed by atoms with E-state index in [2.05, 4.69) is 0 Å². The second kappa shape index (κ2) is 6.27. The Kier molecular flexibility index (Phi) is 5.48. The molecule has 0 amide bonds. The minimum Gasteiger partial charge on any atom is -0.281 e. The van der Waals surface area contributed by atoms with Crippen LogP contribution in [-0.2, 0) is 46.1 Å². The van der Waals surface area contributed by atoms with Crippen LogP contribution < -0.4 is 0 Å². The highest BCUT2D eigenvalue weighted by Gasteiger charge is 2.54. The molecule has 0 atom stereocenters. The first-order valence-corrected chi connectivity index (χ1v) is 10.1. The molecule has 1 aromatic rings. The molecule has 18 heteroatoms. The Morgan fingerprint density at radius 2 is 0.667 bits per heavy atom. The fourth-order valence-electron chi connectivity index (χ4n) is 1.58. The first-order valence-electron chi connectivity index (χ1n) is 5.78. The Bertz CT molecular complexity index is 926. The van der Waals surface area contributed by atoms with E-state index in [-0.39, 0.29) is 0 Å². The molecule has 0 aliphatic rings. The zero-order valence-electron chi connectivity index (χ0n) is 12.0. The Labute approximate surface area is 146 Å². The molecule has 0 spiro atoms. The minimum absolute atomic E-state index is 0.689. The van der Waals surface area contributed by atoms with Crippen molar-refractivity contribution in [1.82, 2.24) is 0 Å². The van der Waals surface area contributed by atoms with Crippen molar-refractivity contribution in [3.63, 3.8) is 0 Å². The molecule has 0 heterocycles. The first-order chi connectivity index (χ1) is 11.6. The van der Waals surface area contributed by atoms with Gasteiger partial charge in [-0.25, -0.2) is 0 Å². The van der Waals surface area contributed by atoms with E-state index in [0.717, 1.165) is 0 Å². The standard InChI is InChI=1S/C9H6F6O9S3/c10-7(11,25(16,17)18)4-1-5(8(12,13)26(19,20)21)3-6(2-4)9(14,15)27(22,23)24/h1-3H,(H,16,17,18)(H,19,20,21)(H,22,23,24). The van der Waals surface area contributed by atoms with Crippen LogP contribution in [0, 0.1) is 0 Å². The fraction of sp³-hybridized carbons (Fsp3) is 0.333. The van der Waals surface area contributed by atoms with Crippen LogP contribution in [0.1, 0.15) is 16.7 Å². The monoisotopic (exact) mass is 468 g/mol. The third kappa shape index (κ3) is 4.04. The Hall–Kier alpha value is -1.47. The molecule has 0 saturated heterocycles. The molecule has 27 heavy (non-hydrogen) atoms. The summed E-state index contributed by atoms with van der Waals surface area (Å²) in [6.45, 7) is 0. The second-order valence-corrected chi connectivity index (χ2v) is 9.16. The largest absolute Gasteiger partial charge is 0.395 e. The highest BCUT2D eigenvalue weighted by atomic mass is 32.2. The number of halogens is 6. The summed E-state index contributed by atoms with van der Waals surface area (Å²) in [5, 5.41) is -16.8. The van der Waals surface area contributed by atoms with Crippen molar-refractivity contribution in [3.8, 4) is 0 Å². The van der Waals surface area contributed by atoms with Crippen molar-refractivity contribution in [1.29, 1.82) is 0 Å². The van der Waals surface area contributed by atoms with Gasteiger partial charge in [0, 0.05) is 16.7 Å². The Balaban J connectivity index is 4.07. The quantitative estimate of drug-likeness (QED) is 0.415. The summed E-state index contributed by atoms with van der Waals surface area (Å²) in [7, 11) is -19.5. The van der Waals surface area contributed by atoms with E-state index < -0.39 is 81.0 Å². The minimum atomic E-state index is -6.50. The van der Waals surface area contributed by atoms with E-state index in [9.17, 15) is 51.6 Å². The molecule has 0 aliphatic carbocycles. The number of hydrogen-bond donors (Lipinski definition) is 3. The lowest BCUT2D eigenvalue weighted by atomic mass is 10.1. The SMILES string of the molecule is O=S(=O)(O)C(F)(F)c1cc(C(F)(F)S(=O)(=O)O)cc(C(F)(F)S(=O)(=O)O)c1. The van der Waals surface area contributed by atoms with Crippen molar-refractivity contribution in [2.45, 2.75) is 15.8 Å². The van der Waals surface area contributed by atoms with Gasteiger partial charge in [-0.3, -0.25) is 13.7 Å². The van der Waals surface area contributed by atoms with Gasteiger partial charge in [0.25, 0.3) is 0 Å². The molecule has 0 radical (unpaired) electrons. The molecule has 0 aromatic heterocycles. The van der Waals surface area contributed by atoms with Crippen LogP contribution in [-0.4, -0.2) is 38.9 Å². The number of alkyl halides is 6. The summed E-state index contributed by atoms with van der Waals surface area (Å²) in [6, 6.07) is -2.07. The van der Waals surface area contributed by atoms with E-state index in [1.54, 1.807) is 0 Å². The van der Waals surface area contributed by atoms with Crippen molar-refractivity contribution in [2.24, 2.45) is 0 Å². The second-order valence-electron chi connectivity index (χ2n) is 4.77. The van der Waals surface area contributed by atoms with Gasteiger partial charge in [-0.1, -0.05) is 0 Å². The van der Waals surface area contributed by atoms with Crippen LogP contribution in [0.2, 0.25) is 0 Å². The summed E-state index contributed by atoms with van der Waals surface area (Å²) in [4.78, 5) is 0. The van der Waals surface area contributed by atoms with Gasteiger partial charge in [-0.15, -0.1) is 0 Å². The maximum absolute atomic E-state index is 13.6. The zero-order valence-corrected chi connectivity index (χ0v) is 14.5. The lowest BCUT2D eigenvalue weighted by Crippen LogP contribution is -2.31. The van der Waals surface area contributed by atoms with Gasteiger partial charge in [0.15, 0.2) is 0 Å². The molecular formula is C9H6F6O9S3. The molecule has 1 aromatic carbocycles. The third-order valence-electron chi connectivity index (χ3n) is 2.91. The van der Waals surface area contributed by atoms with Crippen molar-refractivity contribution in [2.75, 3.05) is 0 Å². The number of rotatable bonds is 6. The average Bonchev–Trinajstić information content (AvgIpc) is 2.43. The highest BCUT2D eigenvalue weighted by Crippen LogP contribution is 2.43. The number of benzene rings is 1. The van der Waals surface area contributed by atoms with Crippen LogP contribution >= 0.6 is 0 Å². The van der Waals surface area contributed by atoms with Crippen LogP contribution in [0.5, 0.6) is 0 Å². The van der Waals surface area contributed by atoms with Gasteiger partial charge in [0.05, 0.1) is 0 Å². The molecular weight excluding hydrogens is 462 g/mol. The summed E-state index contributed by atoms with van der Waals surface area (Å²) < 4.78 is 171. The van der Waals surface area contributed by atoms with E-state index in [0.29, 0.717) is 0 Å². The first kappa shape index (κ1) is 23.6. The summed E-state index contributed by atoms with van der Waals surface area (Å²) in [5.74, 6) is 0. The van der Waals surface area contributed by atoms with Gasteiger partial charge < -0.3 is 0 Å². The van der Waals surface area contributed by atoms with Crippen molar-refractivity contribution in [3.05, 3.63) is 34.9 Å². The zero-order chi connectivity index (χ0) is 21.9. The van der Waals surface area contributed by atoms with Crippen molar-refractivity contribution < 1.29 is 65.3 Å². The molecule has 0 aliphatic heterocycles. The predicted octanol–water partition coefficient (Wildman–Crippen LogP) is 1.50. The predicted molar refractivity (Wildman–Crippen MR) is 72.8 cm³/mol. The van der Waals surface area contributed by atoms with Gasteiger partial charge in [0.2, 0.25) is 0 Å². The average molecular weight is 468 g/mol.